The molecule has 0 bridgehead atoms. The molecule has 2 aromatic carbocycles. The van der Waals surface area contributed by atoms with Crippen molar-refractivity contribution in [2.24, 2.45) is 0 Å². The summed E-state index contributed by atoms with van der Waals surface area (Å²) < 4.78 is 21.2. The monoisotopic (exact) mass is 361 g/mol. The zero-order valence-electron chi connectivity index (χ0n) is 15.5. The minimum atomic E-state index is -0.581. The number of ether oxygens (including phenoxy) is 4. The molecule has 0 amide bonds. The standard InChI is InChI=1S/C20H27NO5/c1-23-17-5-7-18(8-6-17)26-14-16(22)13-21-11-10-15-4-9-19(24-2)20(12-15)25-3/h4-9,12,16,21-22H,10-11,13-14H2,1-3H3/t16-/m0/s1. The Balaban J connectivity index is 1.67. The van der Waals surface area contributed by atoms with Gasteiger partial charge in [-0.05, 0) is 54.9 Å². The van der Waals surface area contributed by atoms with Crippen molar-refractivity contribution in [3.63, 3.8) is 0 Å². The smallest absolute Gasteiger partial charge is 0.160 e. The molecule has 26 heavy (non-hydrogen) atoms. The molecule has 2 rings (SSSR count). The van der Waals surface area contributed by atoms with E-state index in [2.05, 4.69) is 5.32 Å². The second kappa shape index (κ2) is 10.5. The van der Waals surface area contributed by atoms with Crippen molar-refractivity contribution >= 4 is 0 Å². The molecule has 2 N–H and O–H groups in total. The van der Waals surface area contributed by atoms with Crippen LogP contribution in [0.2, 0.25) is 0 Å². The SMILES string of the molecule is COc1ccc(OC[C@@H](O)CNCCc2ccc(OC)c(OC)c2)cc1. The fourth-order valence-electron chi connectivity index (χ4n) is 2.46. The molecule has 1 atom stereocenters. The number of hydrogen-bond donors (Lipinski definition) is 2. The Bertz CT molecular complexity index is 660. The number of hydrogen-bond acceptors (Lipinski definition) is 6. The molecule has 0 saturated heterocycles. The predicted molar refractivity (Wildman–Crippen MR) is 101 cm³/mol. The van der Waals surface area contributed by atoms with Gasteiger partial charge in [-0.3, -0.25) is 0 Å². The molecule has 142 valence electrons. The van der Waals surface area contributed by atoms with Gasteiger partial charge in [0.25, 0.3) is 0 Å². The first-order valence-corrected chi connectivity index (χ1v) is 8.52. The largest absolute Gasteiger partial charge is 0.497 e. The van der Waals surface area contributed by atoms with Crippen LogP contribution in [-0.2, 0) is 6.42 Å². The number of aliphatic hydroxyl groups is 1. The van der Waals surface area contributed by atoms with Crippen molar-refractivity contribution in [2.45, 2.75) is 12.5 Å². The maximum atomic E-state index is 10.0. The van der Waals surface area contributed by atoms with E-state index >= 15 is 0 Å². The van der Waals surface area contributed by atoms with E-state index in [1.54, 1.807) is 21.3 Å². The highest BCUT2D eigenvalue weighted by atomic mass is 16.5. The molecule has 0 spiro atoms. The van der Waals surface area contributed by atoms with Gasteiger partial charge in [-0.15, -0.1) is 0 Å². The lowest BCUT2D eigenvalue weighted by molar-refractivity contribution is 0.106. The Kier molecular flexibility index (Phi) is 8.05. The van der Waals surface area contributed by atoms with E-state index in [9.17, 15) is 5.11 Å². The van der Waals surface area contributed by atoms with Crippen LogP contribution in [0.3, 0.4) is 0 Å². The number of rotatable bonds is 11. The molecule has 0 aliphatic heterocycles. The third kappa shape index (κ3) is 6.13. The molecule has 6 heteroatoms. The summed E-state index contributed by atoms with van der Waals surface area (Å²) in [6.07, 6.45) is 0.245. The van der Waals surface area contributed by atoms with Crippen LogP contribution in [0.5, 0.6) is 23.0 Å². The first-order valence-electron chi connectivity index (χ1n) is 8.52. The van der Waals surface area contributed by atoms with Gasteiger partial charge in [0.15, 0.2) is 11.5 Å². The average Bonchev–Trinajstić information content (AvgIpc) is 2.69. The first-order chi connectivity index (χ1) is 12.7. The second-order valence-corrected chi connectivity index (χ2v) is 5.78. The van der Waals surface area contributed by atoms with Gasteiger partial charge in [0.05, 0.1) is 21.3 Å². The molecule has 0 fully saturated rings. The van der Waals surface area contributed by atoms with Crippen molar-refractivity contribution in [1.29, 1.82) is 0 Å². The van der Waals surface area contributed by atoms with Crippen molar-refractivity contribution in [1.82, 2.24) is 5.32 Å². The van der Waals surface area contributed by atoms with Crippen molar-refractivity contribution in [3.05, 3.63) is 48.0 Å². The molecule has 0 aliphatic carbocycles. The highest BCUT2D eigenvalue weighted by molar-refractivity contribution is 5.42. The van der Waals surface area contributed by atoms with Gasteiger partial charge >= 0.3 is 0 Å². The van der Waals surface area contributed by atoms with Gasteiger partial charge in [0.1, 0.15) is 24.2 Å². The number of aliphatic hydroxyl groups excluding tert-OH is 1. The normalized spacial score (nSPS) is 11.7. The Morgan fingerprint density at radius 2 is 1.58 bits per heavy atom. The summed E-state index contributed by atoms with van der Waals surface area (Å²) in [5.41, 5.74) is 1.14. The van der Waals surface area contributed by atoms with Crippen molar-refractivity contribution in [3.8, 4) is 23.0 Å². The average molecular weight is 361 g/mol. The summed E-state index contributed by atoms with van der Waals surface area (Å²) in [5.74, 6) is 2.91. The predicted octanol–water partition coefficient (Wildman–Crippen LogP) is 2.28. The van der Waals surface area contributed by atoms with Crippen LogP contribution in [0.25, 0.3) is 0 Å². The quantitative estimate of drug-likeness (QED) is 0.599. The number of benzene rings is 2. The topological polar surface area (TPSA) is 69.2 Å². The van der Waals surface area contributed by atoms with E-state index in [0.717, 1.165) is 35.8 Å². The Morgan fingerprint density at radius 3 is 2.23 bits per heavy atom. The highest BCUT2D eigenvalue weighted by Gasteiger charge is 2.07. The highest BCUT2D eigenvalue weighted by Crippen LogP contribution is 2.27. The van der Waals surface area contributed by atoms with E-state index in [1.807, 2.05) is 42.5 Å². The molecular formula is C20H27NO5. The van der Waals surface area contributed by atoms with Crippen molar-refractivity contribution in [2.75, 3.05) is 41.0 Å². The fraction of sp³-hybridized carbons (Fsp3) is 0.400. The molecular weight excluding hydrogens is 334 g/mol. The van der Waals surface area contributed by atoms with Gasteiger partial charge in [-0.2, -0.15) is 0 Å². The summed E-state index contributed by atoms with van der Waals surface area (Å²) in [6.45, 7) is 1.44. The first kappa shape index (κ1) is 19.9. The lowest BCUT2D eigenvalue weighted by Crippen LogP contribution is -2.32. The van der Waals surface area contributed by atoms with Crippen LogP contribution >= 0.6 is 0 Å². The summed E-state index contributed by atoms with van der Waals surface area (Å²) >= 11 is 0. The lowest BCUT2D eigenvalue weighted by Gasteiger charge is -2.14. The van der Waals surface area contributed by atoms with E-state index in [1.165, 1.54) is 0 Å². The van der Waals surface area contributed by atoms with Gasteiger partial charge in [-0.25, -0.2) is 0 Å². The molecule has 0 aliphatic rings. The van der Waals surface area contributed by atoms with Gasteiger partial charge in [0, 0.05) is 6.54 Å². The molecule has 0 aromatic heterocycles. The molecule has 6 nitrogen and oxygen atoms in total. The lowest BCUT2D eigenvalue weighted by atomic mass is 10.1. The number of methoxy groups -OCH3 is 3. The fourth-order valence-corrected chi connectivity index (χ4v) is 2.46. The van der Waals surface area contributed by atoms with Crippen LogP contribution in [0.4, 0.5) is 0 Å². The zero-order chi connectivity index (χ0) is 18.8. The Labute approximate surface area is 154 Å². The molecule has 0 radical (unpaired) electrons. The van der Waals surface area contributed by atoms with Gasteiger partial charge < -0.3 is 29.4 Å². The summed E-state index contributed by atoms with van der Waals surface area (Å²) in [6, 6.07) is 13.1. The summed E-state index contributed by atoms with van der Waals surface area (Å²) in [7, 11) is 4.86. The third-order valence-electron chi connectivity index (χ3n) is 3.92. The maximum Gasteiger partial charge on any atom is 0.160 e. The molecule has 2 aromatic rings. The number of nitrogens with one attached hydrogen (secondary N) is 1. The van der Waals surface area contributed by atoms with Crippen LogP contribution in [0, 0.1) is 0 Å². The van der Waals surface area contributed by atoms with Gasteiger partial charge in [-0.1, -0.05) is 6.07 Å². The van der Waals surface area contributed by atoms with Crippen molar-refractivity contribution < 1.29 is 24.1 Å². The Hall–Kier alpha value is -2.44. The third-order valence-corrected chi connectivity index (χ3v) is 3.92. The van der Waals surface area contributed by atoms with Crippen LogP contribution in [-0.4, -0.2) is 52.2 Å². The molecule has 0 heterocycles. The van der Waals surface area contributed by atoms with Gasteiger partial charge in [0.2, 0.25) is 0 Å². The van der Waals surface area contributed by atoms with Crippen LogP contribution in [0.15, 0.2) is 42.5 Å². The van der Waals surface area contributed by atoms with Crippen LogP contribution in [0.1, 0.15) is 5.56 Å². The zero-order valence-corrected chi connectivity index (χ0v) is 15.5. The Morgan fingerprint density at radius 1 is 0.885 bits per heavy atom. The van der Waals surface area contributed by atoms with E-state index in [4.69, 9.17) is 18.9 Å². The van der Waals surface area contributed by atoms with E-state index in [0.29, 0.717) is 12.3 Å². The second-order valence-electron chi connectivity index (χ2n) is 5.78. The van der Waals surface area contributed by atoms with Crippen LogP contribution < -0.4 is 24.3 Å². The summed E-state index contributed by atoms with van der Waals surface area (Å²) in [4.78, 5) is 0. The summed E-state index contributed by atoms with van der Waals surface area (Å²) in [5, 5.41) is 13.2. The molecule has 0 saturated carbocycles. The van der Waals surface area contributed by atoms with E-state index in [-0.39, 0.29) is 6.61 Å². The van der Waals surface area contributed by atoms with E-state index < -0.39 is 6.10 Å². The molecule has 0 unspecified atom stereocenters. The minimum absolute atomic E-state index is 0.232. The maximum absolute atomic E-state index is 10.0. The minimum Gasteiger partial charge on any atom is -0.497 e.